The standard InChI is InChI=1S/C20H22FNO3/c1-4-25-17-8-6-13(10-16(17)21)12-5-7-15-14(9-12)11-20(2,3)18(15)22-19(23)24/h5-10,18,22H,4,11H2,1-3H3,(H,23,24). The monoisotopic (exact) mass is 343 g/mol. The van der Waals surface area contributed by atoms with Crippen molar-refractivity contribution in [2.75, 3.05) is 6.61 Å². The smallest absolute Gasteiger partial charge is 0.405 e. The summed E-state index contributed by atoms with van der Waals surface area (Å²) >= 11 is 0. The lowest BCUT2D eigenvalue weighted by Gasteiger charge is -2.27. The van der Waals surface area contributed by atoms with Crippen molar-refractivity contribution in [3.8, 4) is 16.9 Å². The molecule has 0 heterocycles. The van der Waals surface area contributed by atoms with Gasteiger partial charge in [-0.3, -0.25) is 0 Å². The highest BCUT2D eigenvalue weighted by molar-refractivity contribution is 5.69. The Morgan fingerprint density at radius 3 is 2.60 bits per heavy atom. The Labute approximate surface area is 146 Å². The molecule has 1 aliphatic rings. The predicted octanol–water partition coefficient (Wildman–Crippen LogP) is 4.78. The number of carbonyl (C=O) groups is 1. The molecule has 0 radical (unpaired) electrons. The van der Waals surface area contributed by atoms with E-state index in [1.807, 2.05) is 45.0 Å². The maximum absolute atomic E-state index is 14.1. The van der Waals surface area contributed by atoms with Crippen LogP contribution in [0, 0.1) is 11.2 Å². The maximum Gasteiger partial charge on any atom is 0.405 e. The molecule has 1 aliphatic carbocycles. The van der Waals surface area contributed by atoms with Crippen molar-refractivity contribution in [3.63, 3.8) is 0 Å². The van der Waals surface area contributed by atoms with Crippen LogP contribution in [0.25, 0.3) is 11.1 Å². The molecule has 0 spiro atoms. The van der Waals surface area contributed by atoms with Gasteiger partial charge in [-0.1, -0.05) is 38.1 Å². The molecule has 0 saturated carbocycles. The zero-order chi connectivity index (χ0) is 18.2. The second-order valence-corrected chi connectivity index (χ2v) is 7.04. The molecule has 4 nitrogen and oxygen atoms in total. The topological polar surface area (TPSA) is 58.6 Å². The van der Waals surface area contributed by atoms with Gasteiger partial charge in [0.2, 0.25) is 0 Å². The first-order valence-electron chi connectivity index (χ1n) is 8.37. The number of nitrogens with one attached hydrogen (secondary N) is 1. The van der Waals surface area contributed by atoms with Crippen molar-refractivity contribution in [1.82, 2.24) is 5.32 Å². The van der Waals surface area contributed by atoms with E-state index in [0.717, 1.165) is 28.7 Å². The number of hydrogen-bond acceptors (Lipinski definition) is 2. The minimum Gasteiger partial charge on any atom is -0.491 e. The van der Waals surface area contributed by atoms with E-state index in [9.17, 15) is 9.18 Å². The first-order valence-corrected chi connectivity index (χ1v) is 8.37. The van der Waals surface area contributed by atoms with Gasteiger partial charge in [0.05, 0.1) is 12.6 Å². The van der Waals surface area contributed by atoms with E-state index < -0.39 is 6.09 Å². The van der Waals surface area contributed by atoms with Crippen molar-refractivity contribution in [2.45, 2.75) is 33.2 Å². The lowest BCUT2D eigenvalue weighted by molar-refractivity contribution is 0.175. The summed E-state index contributed by atoms with van der Waals surface area (Å²) in [5.74, 6) is -0.134. The van der Waals surface area contributed by atoms with E-state index in [0.29, 0.717) is 6.61 Å². The van der Waals surface area contributed by atoms with Crippen LogP contribution >= 0.6 is 0 Å². The summed E-state index contributed by atoms with van der Waals surface area (Å²) in [6.07, 6.45) is -0.260. The van der Waals surface area contributed by atoms with Gasteiger partial charge >= 0.3 is 6.09 Å². The van der Waals surface area contributed by atoms with Gasteiger partial charge in [0.25, 0.3) is 0 Å². The molecular formula is C20H22FNO3. The third kappa shape index (κ3) is 3.31. The van der Waals surface area contributed by atoms with Crippen molar-refractivity contribution >= 4 is 6.09 Å². The second-order valence-electron chi connectivity index (χ2n) is 7.04. The van der Waals surface area contributed by atoms with Crippen LogP contribution in [-0.4, -0.2) is 17.8 Å². The Kier molecular flexibility index (Phi) is 4.41. The van der Waals surface area contributed by atoms with E-state index in [4.69, 9.17) is 9.84 Å². The quantitative estimate of drug-likeness (QED) is 0.840. The minimum absolute atomic E-state index is 0.205. The molecule has 0 aromatic heterocycles. The summed E-state index contributed by atoms with van der Waals surface area (Å²) in [7, 11) is 0. The number of amides is 1. The van der Waals surface area contributed by atoms with Crippen LogP contribution in [0.2, 0.25) is 0 Å². The zero-order valence-corrected chi connectivity index (χ0v) is 14.6. The van der Waals surface area contributed by atoms with Crippen LogP contribution in [0.5, 0.6) is 5.75 Å². The Balaban J connectivity index is 1.95. The molecule has 5 heteroatoms. The number of fused-ring (bicyclic) bond motifs is 1. The van der Waals surface area contributed by atoms with Crippen molar-refractivity contribution < 1.29 is 19.0 Å². The normalized spacial score (nSPS) is 17.8. The molecule has 1 unspecified atom stereocenters. The van der Waals surface area contributed by atoms with Crippen LogP contribution < -0.4 is 10.1 Å². The molecule has 1 atom stereocenters. The van der Waals surface area contributed by atoms with Gasteiger partial charge in [0.15, 0.2) is 11.6 Å². The van der Waals surface area contributed by atoms with Gasteiger partial charge in [0.1, 0.15) is 0 Å². The lowest BCUT2D eigenvalue weighted by Crippen LogP contribution is -2.34. The first-order chi connectivity index (χ1) is 11.8. The van der Waals surface area contributed by atoms with Gasteiger partial charge < -0.3 is 15.2 Å². The van der Waals surface area contributed by atoms with Gasteiger partial charge in [-0.25, -0.2) is 9.18 Å². The van der Waals surface area contributed by atoms with E-state index in [1.165, 1.54) is 6.07 Å². The predicted molar refractivity (Wildman–Crippen MR) is 94.4 cm³/mol. The van der Waals surface area contributed by atoms with Crippen LogP contribution in [0.3, 0.4) is 0 Å². The van der Waals surface area contributed by atoms with Gasteiger partial charge in [0, 0.05) is 0 Å². The number of halogens is 1. The number of hydrogen-bond donors (Lipinski definition) is 2. The molecule has 2 aromatic carbocycles. The van der Waals surface area contributed by atoms with Crippen LogP contribution in [0.1, 0.15) is 37.9 Å². The van der Waals surface area contributed by atoms with Gasteiger partial charge in [-0.05, 0) is 53.1 Å². The van der Waals surface area contributed by atoms with E-state index >= 15 is 0 Å². The van der Waals surface area contributed by atoms with E-state index in [-0.39, 0.29) is 23.0 Å². The average molecular weight is 343 g/mol. The first kappa shape index (κ1) is 17.3. The summed E-state index contributed by atoms with van der Waals surface area (Å²) in [4.78, 5) is 11.1. The van der Waals surface area contributed by atoms with E-state index in [1.54, 1.807) is 6.07 Å². The van der Waals surface area contributed by atoms with Crippen molar-refractivity contribution in [2.24, 2.45) is 5.41 Å². The summed E-state index contributed by atoms with van der Waals surface area (Å²) < 4.78 is 19.4. The largest absolute Gasteiger partial charge is 0.491 e. The molecule has 2 aromatic rings. The SMILES string of the molecule is CCOc1ccc(-c2ccc3c(c2)CC(C)(C)C3NC(=O)O)cc1F. The molecule has 3 rings (SSSR count). The third-order valence-corrected chi connectivity index (χ3v) is 4.71. The lowest BCUT2D eigenvalue weighted by atomic mass is 9.85. The van der Waals surface area contributed by atoms with Crippen LogP contribution in [-0.2, 0) is 6.42 Å². The average Bonchev–Trinajstić information content (AvgIpc) is 2.78. The fourth-order valence-electron chi connectivity index (χ4n) is 3.58. The van der Waals surface area contributed by atoms with Gasteiger partial charge in [-0.2, -0.15) is 0 Å². The highest BCUT2D eigenvalue weighted by Crippen LogP contribution is 2.46. The Hall–Kier alpha value is -2.56. The highest BCUT2D eigenvalue weighted by atomic mass is 19.1. The molecule has 0 aliphatic heterocycles. The van der Waals surface area contributed by atoms with Crippen molar-refractivity contribution in [3.05, 3.63) is 53.3 Å². The van der Waals surface area contributed by atoms with Crippen molar-refractivity contribution in [1.29, 1.82) is 0 Å². The highest BCUT2D eigenvalue weighted by Gasteiger charge is 2.39. The Morgan fingerprint density at radius 1 is 1.28 bits per heavy atom. The molecule has 0 bridgehead atoms. The molecular weight excluding hydrogens is 321 g/mol. The molecule has 25 heavy (non-hydrogen) atoms. The maximum atomic E-state index is 14.1. The number of rotatable bonds is 4. The fraction of sp³-hybridized carbons (Fsp3) is 0.350. The van der Waals surface area contributed by atoms with Gasteiger partial charge in [-0.15, -0.1) is 0 Å². The summed E-state index contributed by atoms with van der Waals surface area (Å²) in [6.45, 7) is 6.33. The minimum atomic E-state index is -1.02. The second kappa shape index (κ2) is 6.39. The fourth-order valence-corrected chi connectivity index (χ4v) is 3.58. The summed E-state index contributed by atoms with van der Waals surface area (Å²) in [5.41, 5.74) is 3.56. The van der Waals surface area contributed by atoms with E-state index in [2.05, 4.69) is 5.32 Å². The molecule has 1 amide bonds. The molecule has 132 valence electrons. The van der Waals surface area contributed by atoms with Crippen LogP contribution in [0.15, 0.2) is 36.4 Å². The molecule has 0 saturated heterocycles. The zero-order valence-electron chi connectivity index (χ0n) is 14.6. The third-order valence-electron chi connectivity index (χ3n) is 4.71. The Morgan fingerprint density at radius 2 is 1.96 bits per heavy atom. The number of benzene rings is 2. The number of ether oxygens (including phenoxy) is 1. The molecule has 0 fully saturated rings. The summed E-state index contributed by atoms with van der Waals surface area (Å²) in [5, 5.41) is 11.7. The summed E-state index contributed by atoms with van der Waals surface area (Å²) in [6, 6.07) is 10.6. The van der Waals surface area contributed by atoms with Crippen LogP contribution in [0.4, 0.5) is 9.18 Å². The Bertz CT molecular complexity index is 817. The molecule has 2 N–H and O–H groups in total. The number of carboxylic acid groups (broad SMARTS) is 1.